The van der Waals surface area contributed by atoms with E-state index in [0.29, 0.717) is 5.79 Å². The van der Waals surface area contributed by atoms with E-state index in [2.05, 4.69) is 54.8 Å². The summed E-state index contributed by atoms with van der Waals surface area (Å²) < 4.78 is 0. The van der Waals surface area contributed by atoms with Gasteiger partial charge in [0.25, 0.3) is 0 Å². The first-order valence-corrected chi connectivity index (χ1v) is 12.2. The standard InChI is InChI=1S/C10H30N4Si2/c1-6-11-10(12-7-2)15-16(5,13-8-3)14-9-4/h10-14H,6-9,15H2,1-5H3. The van der Waals surface area contributed by atoms with Gasteiger partial charge in [-0.2, -0.15) is 0 Å². The molecule has 0 aliphatic heterocycles. The first-order valence-electron chi connectivity index (χ1n) is 6.58. The molecule has 0 radical (unpaired) electrons. The van der Waals surface area contributed by atoms with Gasteiger partial charge in [-0.15, -0.1) is 0 Å². The van der Waals surface area contributed by atoms with Crippen molar-refractivity contribution < 1.29 is 0 Å². The molecular weight excluding hydrogens is 232 g/mol. The third kappa shape index (κ3) is 6.77. The quantitative estimate of drug-likeness (QED) is 0.315. The lowest BCUT2D eigenvalue weighted by atomic mass is 10.7. The lowest BCUT2D eigenvalue weighted by Crippen LogP contribution is -2.70. The monoisotopic (exact) mass is 262 g/mol. The molecule has 0 aliphatic carbocycles. The van der Waals surface area contributed by atoms with Crippen LogP contribution in [0.1, 0.15) is 27.7 Å². The molecule has 4 nitrogen and oxygen atoms in total. The molecule has 0 saturated heterocycles. The smallest absolute Gasteiger partial charge is 0.179 e. The zero-order valence-corrected chi connectivity index (χ0v) is 14.0. The first-order chi connectivity index (χ1) is 7.61. The van der Waals surface area contributed by atoms with Crippen molar-refractivity contribution in [3.63, 3.8) is 0 Å². The van der Waals surface area contributed by atoms with Crippen molar-refractivity contribution in [3.8, 4) is 0 Å². The molecule has 0 bridgehead atoms. The largest absolute Gasteiger partial charge is 0.328 e. The number of hydrogen-bond acceptors (Lipinski definition) is 4. The van der Waals surface area contributed by atoms with Crippen LogP contribution in [0.3, 0.4) is 0 Å². The summed E-state index contributed by atoms with van der Waals surface area (Å²) in [6, 6.07) is 0. The molecule has 4 N–H and O–H groups in total. The van der Waals surface area contributed by atoms with Gasteiger partial charge in [0.05, 0.1) is 9.04 Å². The van der Waals surface area contributed by atoms with Crippen LogP contribution in [0.5, 0.6) is 0 Å². The van der Waals surface area contributed by atoms with Crippen LogP contribution in [0.4, 0.5) is 0 Å². The Bertz CT molecular complexity index is 157. The summed E-state index contributed by atoms with van der Waals surface area (Å²) in [6.07, 6.45) is 0. The molecule has 16 heavy (non-hydrogen) atoms. The Morgan fingerprint density at radius 3 is 1.62 bits per heavy atom. The molecule has 0 aromatic carbocycles. The molecule has 0 atom stereocenters. The maximum absolute atomic E-state index is 3.72. The van der Waals surface area contributed by atoms with Crippen molar-refractivity contribution >= 4 is 17.0 Å². The van der Waals surface area contributed by atoms with E-state index in [9.17, 15) is 0 Å². The van der Waals surface area contributed by atoms with Gasteiger partial charge in [0, 0.05) is 5.79 Å². The lowest BCUT2D eigenvalue weighted by Gasteiger charge is -2.32. The molecule has 6 heteroatoms. The van der Waals surface area contributed by atoms with E-state index < -0.39 is 7.91 Å². The van der Waals surface area contributed by atoms with Crippen LogP contribution in [0.2, 0.25) is 6.55 Å². The molecule has 0 amide bonds. The highest BCUT2D eigenvalue weighted by Gasteiger charge is 2.29. The highest BCUT2D eigenvalue weighted by molar-refractivity contribution is 7.22. The predicted octanol–water partition coefficient (Wildman–Crippen LogP) is -0.554. The second-order valence-corrected chi connectivity index (χ2v) is 14.3. The Balaban J connectivity index is 4.30. The molecule has 0 unspecified atom stereocenters. The number of rotatable bonds is 10. The van der Waals surface area contributed by atoms with Gasteiger partial charge in [0.1, 0.15) is 0 Å². The van der Waals surface area contributed by atoms with E-state index >= 15 is 0 Å². The van der Waals surface area contributed by atoms with Gasteiger partial charge in [0.2, 0.25) is 0 Å². The Hall–Kier alpha value is 0.274. The van der Waals surface area contributed by atoms with Crippen LogP contribution < -0.4 is 20.6 Å². The summed E-state index contributed by atoms with van der Waals surface area (Å²) in [5, 5.41) is 7.12. The van der Waals surface area contributed by atoms with Crippen molar-refractivity contribution in [2.75, 3.05) is 26.2 Å². The SMILES string of the molecule is CCNC(NCC)[SiH2][Si](C)(NCC)NCC. The minimum Gasteiger partial charge on any atom is -0.328 e. The van der Waals surface area contributed by atoms with Crippen molar-refractivity contribution in [1.29, 1.82) is 0 Å². The maximum Gasteiger partial charge on any atom is 0.179 e. The van der Waals surface area contributed by atoms with Gasteiger partial charge in [-0.25, -0.2) is 0 Å². The fourth-order valence-corrected chi connectivity index (χ4v) is 11.4. The van der Waals surface area contributed by atoms with Gasteiger partial charge >= 0.3 is 0 Å². The molecule has 0 spiro atoms. The summed E-state index contributed by atoms with van der Waals surface area (Å²) >= 11 is 0. The summed E-state index contributed by atoms with van der Waals surface area (Å²) in [5.74, 6) is 0.560. The molecule has 0 fully saturated rings. The second-order valence-electron chi connectivity index (χ2n) is 4.26. The van der Waals surface area contributed by atoms with E-state index in [0.717, 1.165) is 26.2 Å². The van der Waals surface area contributed by atoms with Crippen molar-refractivity contribution in [2.24, 2.45) is 0 Å². The van der Waals surface area contributed by atoms with Crippen molar-refractivity contribution in [1.82, 2.24) is 20.6 Å². The average molecular weight is 263 g/mol. The first kappa shape index (κ1) is 16.3. The van der Waals surface area contributed by atoms with Crippen molar-refractivity contribution in [3.05, 3.63) is 0 Å². The molecule has 0 aliphatic rings. The normalized spacial score (nSPS) is 13.1. The molecule has 0 aromatic heterocycles. The third-order valence-electron chi connectivity index (χ3n) is 2.65. The molecule has 98 valence electrons. The Kier molecular flexibility index (Phi) is 9.48. The van der Waals surface area contributed by atoms with Crippen LogP contribution in [-0.4, -0.2) is 48.9 Å². The molecule has 0 heterocycles. The summed E-state index contributed by atoms with van der Waals surface area (Å²) in [5.41, 5.74) is 0. The van der Waals surface area contributed by atoms with Gasteiger partial charge in [-0.05, 0) is 32.7 Å². The number of nitrogens with one attached hydrogen (secondary N) is 4. The zero-order chi connectivity index (χ0) is 12.4. The minimum absolute atomic E-state index is 0.207. The van der Waals surface area contributed by atoms with E-state index in [1.165, 1.54) is 0 Å². The van der Waals surface area contributed by atoms with Gasteiger partial charge in [0.15, 0.2) is 7.91 Å². The van der Waals surface area contributed by atoms with Crippen molar-refractivity contribution in [2.45, 2.75) is 40.0 Å². The van der Waals surface area contributed by atoms with Gasteiger partial charge in [-0.1, -0.05) is 27.7 Å². The van der Waals surface area contributed by atoms with Crippen LogP contribution in [0, 0.1) is 0 Å². The van der Waals surface area contributed by atoms with Crippen LogP contribution in [0.15, 0.2) is 0 Å². The predicted molar refractivity (Wildman–Crippen MR) is 78.7 cm³/mol. The summed E-state index contributed by atoms with van der Waals surface area (Å²) in [6.45, 7) is 15.4. The van der Waals surface area contributed by atoms with Gasteiger partial charge in [-0.3, -0.25) is 0 Å². The second kappa shape index (κ2) is 9.32. The van der Waals surface area contributed by atoms with Gasteiger partial charge < -0.3 is 20.6 Å². The minimum atomic E-state index is -1.37. The molecular formula is C10H30N4Si2. The maximum atomic E-state index is 3.72. The molecule has 0 aromatic rings. The summed E-state index contributed by atoms with van der Waals surface area (Å²) in [4.78, 5) is 7.43. The van der Waals surface area contributed by atoms with E-state index in [-0.39, 0.29) is 9.04 Å². The van der Waals surface area contributed by atoms with Crippen LogP contribution >= 0.6 is 0 Å². The fourth-order valence-electron chi connectivity index (χ4n) is 2.10. The third-order valence-corrected chi connectivity index (χ3v) is 11.9. The van der Waals surface area contributed by atoms with E-state index in [1.807, 2.05) is 0 Å². The highest BCUT2D eigenvalue weighted by atomic mass is 29.2. The zero-order valence-electron chi connectivity index (χ0n) is 11.6. The molecule has 0 saturated carbocycles. The summed E-state index contributed by atoms with van der Waals surface area (Å²) in [7, 11) is -1.58. The Morgan fingerprint density at radius 2 is 1.31 bits per heavy atom. The Morgan fingerprint density at radius 1 is 0.875 bits per heavy atom. The topological polar surface area (TPSA) is 48.1 Å². The fraction of sp³-hybridized carbons (Fsp3) is 1.00. The van der Waals surface area contributed by atoms with Crippen LogP contribution in [-0.2, 0) is 0 Å². The number of hydrogen-bond donors (Lipinski definition) is 4. The van der Waals surface area contributed by atoms with Crippen LogP contribution in [0.25, 0.3) is 0 Å². The van der Waals surface area contributed by atoms with E-state index in [1.54, 1.807) is 0 Å². The highest BCUT2D eigenvalue weighted by Crippen LogP contribution is 1.93. The lowest BCUT2D eigenvalue weighted by molar-refractivity contribution is 0.560. The molecule has 0 rings (SSSR count). The van der Waals surface area contributed by atoms with E-state index in [4.69, 9.17) is 0 Å². The average Bonchev–Trinajstić information content (AvgIpc) is 2.18. The Labute approximate surface area is 104 Å².